The van der Waals surface area contributed by atoms with Gasteiger partial charge in [-0.05, 0) is 54.8 Å². The topological polar surface area (TPSA) is 56.1 Å². The Balaban J connectivity index is 1.65. The molecule has 0 bridgehead atoms. The lowest BCUT2D eigenvalue weighted by Crippen LogP contribution is -2.26. The van der Waals surface area contributed by atoms with E-state index in [9.17, 15) is 4.79 Å². The predicted octanol–water partition coefficient (Wildman–Crippen LogP) is 2.98. The number of hydrogen-bond acceptors (Lipinski definition) is 3. The molecule has 5 heteroatoms. The first-order valence-corrected chi connectivity index (χ1v) is 7.88. The van der Waals surface area contributed by atoms with Gasteiger partial charge in [-0.2, -0.15) is 0 Å². The molecule has 124 valence electrons. The van der Waals surface area contributed by atoms with Crippen molar-refractivity contribution in [3.05, 3.63) is 59.4 Å². The first-order chi connectivity index (χ1) is 11.6. The zero-order valence-electron chi connectivity index (χ0n) is 14.2. The minimum atomic E-state index is -0.0386. The van der Waals surface area contributed by atoms with Gasteiger partial charge in [-0.3, -0.25) is 4.79 Å². The number of aryl methyl sites for hydroxylation is 2. The standard InChI is InChI=1S/C19H21N3O2/c1-13-8-17-18(9-14(13)2)22(12-21-17)11-19(23)20-10-15-4-6-16(24-3)7-5-15/h4-9,12H,10-11H2,1-3H3,(H,20,23). The molecule has 0 aliphatic heterocycles. The Morgan fingerprint density at radius 1 is 1.17 bits per heavy atom. The number of amides is 1. The highest BCUT2D eigenvalue weighted by atomic mass is 16.5. The highest BCUT2D eigenvalue weighted by molar-refractivity contribution is 5.81. The zero-order valence-corrected chi connectivity index (χ0v) is 14.2. The molecule has 24 heavy (non-hydrogen) atoms. The average molecular weight is 323 g/mol. The van der Waals surface area contributed by atoms with Crippen LogP contribution in [-0.4, -0.2) is 22.6 Å². The Labute approximate surface area is 141 Å². The van der Waals surface area contributed by atoms with Crippen LogP contribution in [-0.2, 0) is 17.9 Å². The number of imidazole rings is 1. The third kappa shape index (κ3) is 3.40. The molecule has 0 unspecified atom stereocenters. The monoisotopic (exact) mass is 323 g/mol. The van der Waals surface area contributed by atoms with Crippen LogP contribution in [0.3, 0.4) is 0 Å². The maximum absolute atomic E-state index is 12.2. The minimum absolute atomic E-state index is 0.0386. The second-order valence-electron chi connectivity index (χ2n) is 5.92. The predicted molar refractivity (Wildman–Crippen MR) is 94.0 cm³/mol. The summed E-state index contributed by atoms with van der Waals surface area (Å²) in [5.41, 5.74) is 5.34. The highest BCUT2D eigenvalue weighted by Crippen LogP contribution is 2.18. The van der Waals surface area contributed by atoms with E-state index in [1.54, 1.807) is 13.4 Å². The number of benzene rings is 2. The number of nitrogens with one attached hydrogen (secondary N) is 1. The number of carbonyl (C=O) groups is 1. The maximum atomic E-state index is 12.2. The van der Waals surface area contributed by atoms with E-state index in [1.165, 1.54) is 11.1 Å². The third-order valence-electron chi connectivity index (χ3n) is 4.20. The van der Waals surface area contributed by atoms with Crippen molar-refractivity contribution >= 4 is 16.9 Å². The second kappa shape index (κ2) is 6.74. The number of fused-ring (bicyclic) bond motifs is 1. The summed E-state index contributed by atoms with van der Waals surface area (Å²) in [6, 6.07) is 11.8. The summed E-state index contributed by atoms with van der Waals surface area (Å²) in [6.45, 7) is 4.88. The molecule has 0 aliphatic carbocycles. The molecule has 0 saturated carbocycles. The number of methoxy groups -OCH3 is 1. The fourth-order valence-corrected chi connectivity index (χ4v) is 2.59. The van der Waals surface area contributed by atoms with E-state index in [-0.39, 0.29) is 12.5 Å². The molecular formula is C19H21N3O2. The van der Waals surface area contributed by atoms with Gasteiger partial charge in [0.25, 0.3) is 0 Å². The molecule has 0 fully saturated rings. The van der Waals surface area contributed by atoms with E-state index in [1.807, 2.05) is 28.8 Å². The van der Waals surface area contributed by atoms with E-state index in [4.69, 9.17) is 4.74 Å². The molecule has 5 nitrogen and oxygen atoms in total. The van der Waals surface area contributed by atoms with Crippen LogP contribution in [0.4, 0.5) is 0 Å². The summed E-state index contributed by atoms with van der Waals surface area (Å²) in [6.07, 6.45) is 1.72. The van der Waals surface area contributed by atoms with Gasteiger partial charge in [0.2, 0.25) is 5.91 Å². The lowest BCUT2D eigenvalue weighted by atomic mass is 10.1. The molecule has 0 saturated heterocycles. The van der Waals surface area contributed by atoms with Crippen LogP contribution in [0.25, 0.3) is 11.0 Å². The van der Waals surface area contributed by atoms with Gasteiger partial charge in [-0.1, -0.05) is 12.1 Å². The Hall–Kier alpha value is -2.82. The summed E-state index contributed by atoms with van der Waals surface area (Å²) in [7, 11) is 1.63. The Bertz CT molecular complexity index is 866. The van der Waals surface area contributed by atoms with Crippen LogP contribution in [0, 0.1) is 13.8 Å². The van der Waals surface area contributed by atoms with Crippen molar-refractivity contribution < 1.29 is 9.53 Å². The first-order valence-electron chi connectivity index (χ1n) is 7.88. The number of ether oxygens (including phenoxy) is 1. The van der Waals surface area contributed by atoms with E-state index >= 15 is 0 Å². The number of hydrogen-bond donors (Lipinski definition) is 1. The quantitative estimate of drug-likeness (QED) is 0.785. The summed E-state index contributed by atoms with van der Waals surface area (Å²) in [5, 5.41) is 2.94. The van der Waals surface area contributed by atoms with Crippen molar-refractivity contribution in [2.45, 2.75) is 26.9 Å². The molecule has 3 aromatic rings. The lowest BCUT2D eigenvalue weighted by molar-refractivity contribution is -0.121. The molecule has 0 spiro atoms. The van der Waals surface area contributed by atoms with Crippen molar-refractivity contribution in [1.29, 1.82) is 0 Å². The molecular weight excluding hydrogens is 302 g/mol. The zero-order chi connectivity index (χ0) is 17.1. The van der Waals surface area contributed by atoms with Gasteiger partial charge < -0.3 is 14.6 Å². The molecule has 2 aromatic carbocycles. The van der Waals surface area contributed by atoms with Crippen molar-refractivity contribution in [3.8, 4) is 5.75 Å². The number of rotatable bonds is 5. The highest BCUT2D eigenvalue weighted by Gasteiger charge is 2.08. The fraction of sp³-hybridized carbons (Fsp3) is 0.263. The molecule has 1 N–H and O–H groups in total. The van der Waals surface area contributed by atoms with Crippen LogP contribution >= 0.6 is 0 Å². The first kappa shape index (κ1) is 16.1. The lowest BCUT2D eigenvalue weighted by Gasteiger charge is -2.08. The molecule has 3 rings (SSSR count). The van der Waals surface area contributed by atoms with Crippen LogP contribution in [0.15, 0.2) is 42.7 Å². The van der Waals surface area contributed by atoms with Crippen LogP contribution in [0.1, 0.15) is 16.7 Å². The van der Waals surface area contributed by atoms with Gasteiger partial charge in [0.05, 0.1) is 24.5 Å². The van der Waals surface area contributed by atoms with E-state index < -0.39 is 0 Å². The molecule has 1 amide bonds. The minimum Gasteiger partial charge on any atom is -0.497 e. The average Bonchev–Trinajstić information content (AvgIpc) is 2.95. The molecule has 1 heterocycles. The summed E-state index contributed by atoms with van der Waals surface area (Å²) < 4.78 is 7.01. The van der Waals surface area contributed by atoms with Crippen molar-refractivity contribution in [1.82, 2.24) is 14.9 Å². The van der Waals surface area contributed by atoms with Crippen LogP contribution in [0.2, 0.25) is 0 Å². The maximum Gasteiger partial charge on any atom is 0.240 e. The normalized spacial score (nSPS) is 10.8. The van der Waals surface area contributed by atoms with Crippen molar-refractivity contribution in [2.24, 2.45) is 0 Å². The molecule has 0 radical (unpaired) electrons. The van der Waals surface area contributed by atoms with Crippen LogP contribution < -0.4 is 10.1 Å². The number of carbonyl (C=O) groups excluding carboxylic acids is 1. The fourth-order valence-electron chi connectivity index (χ4n) is 2.59. The molecule has 0 aliphatic rings. The van der Waals surface area contributed by atoms with Gasteiger partial charge in [-0.15, -0.1) is 0 Å². The Morgan fingerprint density at radius 2 is 1.88 bits per heavy atom. The largest absolute Gasteiger partial charge is 0.497 e. The SMILES string of the molecule is COc1ccc(CNC(=O)Cn2cnc3cc(C)c(C)cc32)cc1. The van der Waals surface area contributed by atoms with Crippen molar-refractivity contribution in [2.75, 3.05) is 7.11 Å². The smallest absolute Gasteiger partial charge is 0.240 e. The van der Waals surface area contributed by atoms with E-state index in [2.05, 4.69) is 36.3 Å². The number of aromatic nitrogens is 2. The van der Waals surface area contributed by atoms with Crippen molar-refractivity contribution in [3.63, 3.8) is 0 Å². The summed E-state index contributed by atoms with van der Waals surface area (Å²) >= 11 is 0. The van der Waals surface area contributed by atoms with Crippen LogP contribution in [0.5, 0.6) is 5.75 Å². The van der Waals surface area contributed by atoms with E-state index in [0.717, 1.165) is 22.3 Å². The summed E-state index contributed by atoms with van der Waals surface area (Å²) in [4.78, 5) is 16.6. The van der Waals surface area contributed by atoms with Gasteiger partial charge in [0.15, 0.2) is 0 Å². The Morgan fingerprint density at radius 3 is 2.58 bits per heavy atom. The Kier molecular flexibility index (Phi) is 4.51. The summed E-state index contributed by atoms with van der Waals surface area (Å²) in [5.74, 6) is 0.768. The second-order valence-corrected chi connectivity index (χ2v) is 5.92. The van der Waals surface area contributed by atoms with Gasteiger partial charge in [0, 0.05) is 6.54 Å². The molecule has 1 aromatic heterocycles. The van der Waals surface area contributed by atoms with Gasteiger partial charge >= 0.3 is 0 Å². The van der Waals surface area contributed by atoms with Gasteiger partial charge in [0.1, 0.15) is 12.3 Å². The van der Waals surface area contributed by atoms with E-state index in [0.29, 0.717) is 6.54 Å². The van der Waals surface area contributed by atoms with Gasteiger partial charge in [-0.25, -0.2) is 4.98 Å². The third-order valence-corrected chi connectivity index (χ3v) is 4.20. The molecule has 0 atom stereocenters. The number of nitrogens with zero attached hydrogens (tertiary/aromatic N) is 2.